The number of esters is 1. The summed E-state index contributed by atoms with van der Waals surface area (Å²) in [7, 11) is -4.66. The Kier molecular flexibility index (Phi) is 7.34. The average Bonchev–Trinajstić information content (AvgIpc) is 2.61. The minimum absolute atomic E-state index is 0.0415. The van der Waals surface area contributed by atoms with Crippen molar-refractivity contribution in [3.05, 3.63) is 65.2 Å². The van der Waals surface area contributed by atoms with E-state index in [-0.39, 0.29) is 24.7 Å². The number of phosphoric ester groups is 1. The lowest BCUT2D eigenvalue weighted by Gasteiger charge is -2.18. The van der Waals surface area contributed by atoms with Crippen LogP contribution < -0.4 is 9.84 Å². The summed E-state index contributed by atoms with van der Waals surface area (Å²) in [5.74, 6) is -0.910. The van der Waals surface area contributed by atoms with Gasteiger partial charge < -0.3 is 14.6 Å². The van der Waals surface area contributed by atoms with E-state index in [9.17, 15) is 14.2 Å². The van der Waals surface area contributed by atoms with Crippen molar-refractivity contribution >= 4 is 19.7 Å². The van der Waals surface area contributed by atoms with Crippen molar-refractivity contribution in [3.8, 4) is 5.75 Å². The largest absolute Gasteiger partial charge is 0.524 e. The van der Waals surface area contributed by atoms with E-state index in [2.05, 4.69) is 9.84 Å². The maximum atomic E-state index is 12.4. The number of phosphoric acid groups is 1. The highest BCUT2D eigenvalue weighted by molar-refractivity contribution is 7.46. The van der Waals surface area contributed by atoms with E-state index in [0.29, 0.717) is 11.1 Å². The molecule has 1 amide bonds. The molecule has 1 unspecified atom stereocenters. The van der Waals surface area contributed by atoms with Crippen LogP contribution in [-0.4, -0.2) is 27.7 Å². The predicted octanol–water partition coefficient (Wildman–Crippen LogP) is 2.26. The number of rotatable bonds is 8. The third-order valence-corrected chi connectivity index (χ3v) is 4.22. The molecule has 1 atom stereocenters. The van der Waals surface area contributed by atoms with Gasteiger partial charge in [0, 0.05) is 13.3 Å². The van der Waals surface area contributed by atoms with E-state index in [4.69, 9.17) is 14.5 Å². The fraction of sp³-hybridized carbons (Fsp3) is 0.263. The van der Waals surface area contributed by atoms with Crippen LogP contribution in [0.2, 0.25) is 0 Å². The lowest BCUT2D eigenvalue weighted by molar-refractivity contribution is -0.149. The Morgan fingerprint density at radius 1 is 1.11 bits per heavy atom. The molecule has 0 bridgehead atoms. The number of carbonyl (C=O) groups excluding carboxylic acids is 2. The Balaban J connectivity index is 2.08. The van der Waals surface area contributed by atoms with E-state index in [1.165, 1.54) is 13.0 Å². The third kappa shape index (κ3) is 7.15. The SMILES string of the molecule is CC(=O)NC(Cc1ccc(OP(=O)(O)O)c(C)c1)C(=O)OCc1ccccc1. The molecule has 28 heavy (non-hydrogen) atoms. The van der Waals surface area contributed by atoms with Crippen molar-refractivity contribution in [2.75, 3.05) is 0 Å². The van der Waals surface area contributed by atoms with E-state index in [1.54, 1.807) is 19.1 Å². The van der Waals surface area contributed by atoms with Crippen LogP contribution in [0.4, 0.5) is 0 Å². The first-order valence-electron chi connectivity index (χ1n) is 8.46. The first-order valence-corrected chi connectivity index (χ1v) is 9.99. The maximum Gasteiger partial charge on any atom is 0.524 e. The molecule has 0 aliphatic heterocycles. The van der Waals surface area contributed by atoms with Gasteiger partial charge >= 0.3 is 13.8 Å². The van der Waals surface area contributed by atoms with Crippen LogP contribution in [0.5, 0.6) is 5.75 Å². The van der Waals surface area contributed by atoms with Gasteiger partial charge in [0.05, 0.1) is 0 Å². The third-order valence-electron chi connectivity index (χ3n) is 3.78. The van der Waals surface area contributed by atoms with Gasteiger partial charge in [-0.2, -0.15) is 0 Å². The number of benzene rings is 2. The van der Waals surface area contributed by atoms with E-state index in [0.717, 1.165) is 5.56 Å². The average molecular weight is 407 g/mol. The Hall–Kier alpha value is -2.67. The van der Waals surface area contributed by atoms with Crippen LogP contribution in [0, 0.1) is 6.92 Å². The molecule has 2 aromatic rings. The number of ether oxygens (including phenoxy) is 1. The minimum Gasteiger partial charge on any atom is -0.459 e. The second-order valence-electron chi connectivity index (χ2n) is 6.23. The summed E-state index contributed by atoms with van der Waals surface area (Å²) in [4.78, 5) is 41.7. The van der Waals surface area contributed by atoms with E-state index >= 15 is 0 Å². The van der Waals surface area contributed by atoms with Crippen LogP contribution in [0.3, 0.4) is 0 Å². The summed E-state index contributed by atoms with van der Waals surface area (Å²) >= 11 is 0. The van der Waals surface area contributed by atoms with E-state index in [1.807, 2.05) is 30.3 Å². The minimum atomic E-state index is -4.66. The molecule has 150 valence electrons. The molecule has 0 heterocycles. The Labute approximate surface area is 162 Å². The van der Waals surface area contributed by atoms with Crippen molar-refractivity contribution < 1.29 is 33.2 Å². The van der Waals surface area contributed by atoms with Gasteiger partial charge in [0.2, 0.25) is 5.91 Å². The maximum absolute atomic E-state index is 12.4. The van der Waals surface area contributed by atoms with Crippen molar-refractivity contribution in [2.45, 2.75) is 32.9 Å². The first-order chi connectivity index (χ1) is 13.1. The molecular formula is C19H22NO7P. The molecule has 0 aliphatic carbocycles. The van der Waals surface area contributed by atoms with Gasteiger partial charge in [-0.05, 0) is 29.7 Å². The highest BCUT2D eigenvalue weighted by atomic mass is 31.2. The summed E-state index contributed by atoms with van der Waals surface area (Å²) in [6.07, 6.45) is 0.157. The van der Waals surface area contributed by atoms with Gasteiger partial charge in [-0.25, -0.2) is 9.36 Å². The summed E-state index contributed by atoms with van der Waals surface area (Å²) in [6.45, 7) is 3.01. The topological polar surface area (TPSA) is 122 Å². The fourth-order valence-corrected chi connectivity index (χ4v) is 3.03. The zero-order valence-electron chi connectivity index (χ0n) is 15.5. The molecule has 0 radical (unpaired) electrons. The molecule has 0 aromatic heterocycles. The number of aryl methyl sites for hydroxylation is 1. The summed E-state index contributed by atoms with van der Waals surface area (Å²) in [6, 6.07) is 12.9. The molecule has 8 nitrogen and oxygen atoms in total. The van der Waals surface area contributed by atoms with Crippen LogP contribution in [0.15, 0.2) is 48.5 Å². The molecular weight excluding hydrogens is 385 g/mol. The summed E-state index contributed by atoms with van der Waals surface area (Å²) in [5, 5.41) is 2.57. The second kappa shape index (κ2) is 9.50. The van der Waals surface area contributed by atoms with Crippen molar-refractivity contribution in [1.82, 2.24) is 5.32 Å². The van der Waals surface area contributed by atoms with Gasteiger partial charge in [0.15, 0.2) is 0 Å². The predicted molar refractivity (Wildman–Crippen MR) is 101 cm³/mol. The number of hydrogen-bond acceptors (Lipinski definition) is 5. The number of carbonyl (C=O) groups is 2. The van der Waals surface area contributed by atoms with Crippen molar-refractivity contribution in [3.63, 3.8) is 0 Å². The summed E-state index contributed by atoms with van der Waals surface area (Å²) < 4.78 is 20.9. The Morgan fingerprint density at radius 2 is 1.79 bits per heavy atom. The monoisotopic (exact) mass is 407 g/mol. The lowest BCUT2D eigenvalue weighted by atomic mass is 10.0. The second-order valence-corrected chi connectivity index (χ2v) is 7.40. The van der Waals surface area contributed by atoms with Crippen LogP contribution in [-0.2, 0) is 31.9 Å². The number of nitrogens with one attached hydrogen (secondary N) is 1. The molecule has 0 fully saturated rings. The summed E-state index contributed by atoms with van der Waals surface area (Å²) in [5.41, 5.74) is 1.98. The Bertz CT molecular complexity index is 879. The van der Waals surface area contributed by atoms with Crippen molar-refractivity contribution in [2.24, 2.45) is 0 Å². The molecule has 2 aromatic carbocycles. The zero-order chi connectivity index (χ0) is 20.7. The number of hydrogen-bond donors (Lipinski definition) is 3. The Morgan fingerprint density at radius 3 is 2.36 bits per heavy atom. The lowest BCUT2D eigenvalue weighted by Crippen LogP contribution is -2.42. The van der Waals surface area contributed by atoms with Gasteiger partial charge in [0.25, 0.3) is 0 Å². The highest BCUT2D eigenvalue weighted by Gasteiger charge is 2.23. The van der Waals surface area contributed by atoms with Crippen LogP contribution >= 0.6 is 7.82 Å². The standard InChI is InChI=1S/C19H22NO7P/c1-13-10-16(8-9-18(13)27-28(23,24)25)11-17(20-14(2)21)19(22)26-12-15-6-4-3-5-7-15/h3-10,17H,11-12H2,1-2H3,(H,20,21)(H2,23,24,25). The van der Waals surface area contributed by atoms with Gasteiger partial charge in [0.1, 0.15) is 18.4 Å². The van der Waals surface area contributed by atoms with Crippen LogP contribution in [0.25, 0.3) is 0 Å². The molecule has 0 saturated heterocycles. The molecule has 2 rings (SSSR count). The molecule has 0 aliphatic rings. The molecule has 0 saturated carbocycles. The molecule has 3 N–H and O–H groups in total. The molecule has 0 spiro atoms. The smallest absolute Gasteiger partial charge is 0.459 e. The van der Waals surface area contributed by atoms with E-state index < -0.39 is 19.8 Å². The van der Waals surface area contributed by atoms with Crippen molar-refractivity contribution in [1.29, 1.82) is 0 Å². The molecule has 9 heteroatoms. The highest BCUT2D eigenvalue weighted by Crippen LogP contribution is 2.39. The van der Waals surface area contributed by atoms with Crippen LogP contribution in [0.1, 0.15) is 23.6 Å². The van der Waals surface area contributed by atoms with Gasteiger partial charge in [-0.3, -0.25) is 14.6 Å². The first kappa shape index (κ1) is 21.6. The van der Waals surface area contributed by atoms with Gasteiger partial charge in [-0.15, -0.1) is 0 Å². The zero-order valence-corrected chi connectivity index (χ0v) is 16.4. The normalized spacial score (nSPS) is 12.1. The number of amides is 1. The quantitative estimate of drug-likeness (QED) is 0.453. The van der Waals surface area contributed by atoms with Gasteiger partial charge in [-0.1, -0.05) is 42.5 Å². The fourth-order valence-electron chi connectivity index (χ4n) is 2.57.